The van der Waals surface area contributed by atoms with Crippen LogP contribution >= 0.6 is 0 Å². The third-order valence-corrected chi connectivity index (χ3v) is 5.62. The average molecular weight is 386 g/mol. The molecule has 0 bridgehead atoms. The summed E-state index contributed by atoms with van der Waals surface area (Å²) in [5, 5.41) is 15.9. The number of fused-ring (bicyclic) bond motifs is 1. The molecule has 1 amide bonds. The molecule has 1 saturated heterocycles. The van der Waals surface area contributed by atoms with Crippen molar-refractivity contribution in [1.29, 1.82) is 0 Å². The van der Waals surface area contributed by atoms with Gasteiger partial charge in [0.1, 0.15) is 11.9 Å². The van der Waals surface area contributed by atoms with Crippen LogP contribution in [0.25, 0.3) is 0 Å². The Morgan fingerprint density at radius 3 is 2.50 bits per heavy atom. The lowest BCUT2D eigenvalue weighted by Gasteiger charge is -2.38. The van der Waals surface area contributed by atoms with E-state index in [1.165, 1.54) is 12.1 Å². The normalized spacial score (nSPS) is 18.5. The van der Waals surface area contributed by atoms with E-state index in [9.17, 15) is 19.1 Å². The Kier molecular flexibility index (Phi) is 5.13. The van der Waals surface area contributed by atoms with Crippen LogP contribution in [-0.4, -0.2) is 56.6 Å². The number of aromatic amines is 1. The van der Waals surface area contributed by atoms with Gasteiger partial charge in [0.2, 0.25) is 5.91 Å². The number of carbonyl (C=O) groups is 2. The van der Waals surface area contributed by atoms with Gasteiger partial charge in [-0.05, 0) is 50.0 Å². The molecule has 4 rings (SSSR count). The van der Waals surface area contributed by atoms with E-state index < -0.39 is 12.0 Å². The first kappa shape index (κ1) is 18.6. The first-order valence-corrected chi connectivity index (χ1v) is 9.62. The van der Waals surface area contributed by atoms with Gasteiger partial charge >= 0.3 is 5.97 Å². The van der Waals surface area contributed by atoms with Crippen molar-refractivity contribution in [2.75, 3.05) is 19.6 Å². The number of halogens is 1. The van der Waals surface area contributed by atoms with Crippen molar-refractivity contribution < 1.29 is 19.1 Å². The van der Waals surface area contributed by atoms with Crippen LogP contribution in [0.1, 0.15) is 52.6 Å². The first-order chi connectivity index (χ1) is 13.5. The summed E-state index contributed by atoms with van der Waals surface area (Å²) in [6, 6.07) is 5.69. The topological polar surface area (TPSA) is 89.5 Å². The minimum Gasteiger partial charge on any atom is -0.476 e. The third-order valence-electron chi connectivity index (χ3n) is 5.62. The molecule has 1 unspecified atom stereocenters. The lowest BCUT2D eigenvalue weighted by molar-refractivity contribution is -0.138. The molecule has 8 heteroatoms. The zero-order valence-corrected chi connectivity index (χ0v) is 15.5. The Morgan fingerprint density at radius 1 is 1.11 bits per heavy atom. The Morgan fingerprint density at radius 2 is 1.82 bits per heavy atom. The van der Waals surface area contributed by atoms with Crippen molar-refractivity contribution in [1.82, 2.24) is 20.0 Å². The molecule has 2 aromatic rings. The lowest BCUT2D eigenvalue weighted by Crippen LogP contribution is -2.46. The summed E-state index contributed by atoms with van der Waals surface area (Å²) < 4.78 is 13.4. The maximum atomic E-state index is 13.5. The van der Waals surface area contributed by atoms with Crippen LogP contribution in [0, 0.1) is 5.82 Å². The van der Waals surface area contributed by atoms with Gasteiger partial charge in [0.25, 0.3) is 0 Å². The molecule has 1 aromatic carbocycles. The smallest absolute Gasteiger partial charge is 0.356 e. The Hall–Kier alpha value is -2.74. The van der Waals surface area contributed by atoms with Gasteiger partial charge < -0.3 is 10.0 Å². The van der Waals surface area contributed by atoms with E-state index in [4.69, 9.17) is 0 Å². The van der Waals surface area contributed by atoms with Crippen LogP contribution in [0.5, 0.6) is 0 Å². The van der Waals surface area contributed by atoms with E-state index in [1.807, 2.05) is 0 Å². The average Bonchev–Trinajstić information content (AvgIpc) is 3.14. The number of carboxylic acids is 1. The zero-order chi connectivity index (χ0) is 19.7. The minimum absolute atomic E-state index is 0.0354. The number of nitrogens with one attached hydrogen (secondary N) is 1. The van der Waals surface area contributed by atoms with Gasteiger partial charge in [-0.1, -0.05) is 18.6 Å². The van der Waals surface area contributed by atoms with Gasteiger partial charge in [0, 0.05) is 12.1 Å². The number of H-pyrrole nitrogens is 1. The van der Waals surface area contributed by atoms with Crippen LogP contribution < -0.4 is 0 Å². The molecule has 3 heterocycles. The number of hydrogen-bond donors (Lipinski definition) is 2. The first-order valence-electron chi connectivity index (χ1n) is 9.62. The molecule has 1 aromatic heterocycles. The van der Waals surface area contributed by atoms with Crippen LogP contribution in [0.4, 0.5) is 4.39 Å². The van der Waals surface area contributed by atoms with E-state index in [0.717, 1.165) is 37.9 Å². The fraction of sp³-hybridized carbons (Fsp3) is 0.450. The summed E-state index contributed by atoms with van der Waals surface area (Å²) in [6.45, 7) is 2.41. The van der Waals surface area contributed by atoms with Gasteiger partial charge in [-0.3, -0.25) is 14.8 Å². The molecule has 7 nitrogen and oxygen atoms in total. The molecule has 28 heavy (non-hydrogen) atoms. The predicted octanol–water partition coefficient (Wildman–Crippen LogP) is 2.36. The van der Waals surface area contributed by atoms with E-state index >= 15 is 0 Å². The number of benzene rings is 1. The summed E-state index contributed by atoms with van der Waals surface area (Å²) in [5.41, 5.74) is 2.17. The molecular weight excluding hydrogens is 363 g/mol. The summed E-state index contributed by atoms with van der Waals surface area (Å²) in [5.74, 6) is -1.42. The monoisotopic (exact) mass is 386 g/mol. The number of piperidine rings is 1. The highest BCUT2D eigenvalue weighted by Gasteiger charge is 2.35. The molecule has 148 valence electrons. The minimum atomic E-state index is -1.06. The van der Waals surface area contributed by atoms with Gasteiger partial charge in [0.15, 0.2) is 5.69 Å². The number of amides is 1. The molecule has 2 aliphatic rings. The standard InChI is InChI=1S/C20H23FN4O3/c21-14-6-4-13(5-7-14)18(24-9-2-1-3-10-24)19(26)25-11-8-15-16(12-25)22-23-17(15)20(27)28/h4-7,18H,1-3,8-12H2,(H,22,23)(H,27,28). The maximum absolute atomic E-state index is 13.5. The highest BCUT2D eigenvalue weighted by molar-refractivity contribution is 5.88. The quantitative estimate of drug-likeness (QED) is 0.842. The number of rotatable bonds is 4. The van der Waals surface area contributed by atoms with E-state index in [1.54, 1.807) is 17.0 Å². The SMILES string of the molecule is O=C(O)c1n[nH]c2c1CCN(C(=O)C(c1ccc(F)cc1)N1CCCCC1)C2. The highest BCUT2D eigenvalue weighted by atomic mass is 19.1. The van der Waals surface area contributed by atoms with Crippen molar-refractivity contribution in [2.45, 2.75) is 38.3 Å². The van der Waals surface area contributed by atoms with Gasteiger partial charge in [-0.25, -0.2) is 9.18 Å². The van der Waals surface area contributed by atoms with Crippen LogP contribution in [0.3, 0.4) is 0 Å². The second-order valence-corrected chi connectivity index (χ2v) is 7.39. The van der Waals surface area contributed by atoms with Crippen LogP contribution in [-0.2, 0) is 17.8 Å². The molecule has 1 fully saturated rings. The summed E-state index contributed by atoms with van der Waals surface area (Å²) >= 11 is 0. The summed E-state index contributed by atoms with van der Waals surface area (Å²) in [6.07, 6.45) is 3.69. The number of aromatic nitrogens is 2. The molecular formula is C20H23FN4O3. The highest BCUT2D eigenvalue weighted by Crippen LogP contribution is 2.29. The second-order valence-electron chi connectivity index (χ2n) is 7.39. The molecule has 0 saturated carbocycles. The number of aromatic carboxylic acids is 1. The largest absolute Gasteiger partial charge is 0.476 e. The van der Waals surface area contributed by atoms with Crippen molar-refractivity contribution in [3.63, 3.8) is 0 Å². The second kappa shape index (κ2) is 7.71. The number of nitrogens with zero attached hydrogens (tertiary/aromatic N) is 3. The maximum Gasteiger partial charge on any atom is 0.356 e. The molecule has 2 N–H and O–H groups in total. The number of carbonyl (C=O) groups excluding carboxylic acids is 1. The Bertz CT molecular complexity index is 874. The van der Waals surface area contributed by atoms with Gasteiger partial charge in [-0.15, -0.1) is 0 Å². The Labute approximate surface area is 162 Å². The Balaban J connectivity index is 1.60. The van der Waals surface area contributed by atoms with Crippen LogP contribution in [0.2, 0.25) is 0 Å². The van der Waals surface area contributed by atoms with E-state index in [0.29, 0.717) is 30.8 Å². The number of likely N-dealkylation sites (tertiary alicyclic amines) is 1. The van der Waals surface area contributed by atoms with E-state index in [-0.39, 0.29) is 17.4 Å². The fourth-order valence-electron chi connectivity index (χ4n) is 4.19. The third kappa shape index (κ3) is 3.52. The van der Waals surface area contributed by atoms with Crippen molar-refractivity contribution in [3.05, 3.63) is 52.6 Å². The van der Waals surface area contributed by atoms with Gasteiger partial charge in [-0.2, -0.15) is 5.10 Å². The number of hydrogen-bond acceptors (Lipinski definition) is 4. The molecule has 0 aliphatic carbocycles. The van der Waals surface area contributed by atoms with Gasteiger partial charge in [0.05, 0.1) is 12.2 Å². The van der Waals surface area contributed by atoms with Crippen molar-refractivity contribution in [2.24, 2.45) is 0 Å². The van der Waals surface area contributed by atoms with Crippen molar-refractivity contribution >= 4 is 11.9 Å². The zero-order valence-electron chi connectivity index (χ0n) is 15.5. The molecule has 2 aliphatic heterocycles. The summed E-state index contributed by atoms with van der Waals surface area (Å²) in [4.78, 5) is 28.7. The molecule has 0 radical (unpaired) electrons. The van der Waals surface area contributed by atoms with Crippen LogP contribution in [0.15, 0.2) is 24.3 Å². The van der Waals surface area contributed by atoms with Crippen molar-refractivity contribution in [3.8, 4) is 0 Å². The fourth-order valence-corrected chi connectivity index (χ4v) is 4.19. The van der Waals surface area contributed by atoms with E-state index in [2.05, 4.69) is 15.1 Å². The molecule has 0 spiro atoms. The summed E-state index contributed by atoms with van der Waals surface area (Å²) in [7, 11) is 0. The molecule has 1 atom stereocenters. The lowest BCUT2D eigenvalue weighted by atomic mass is 9.98. The predicted molar refractivity (Wildman–Crippen MR) is 99.2 cm³/mol. The number of carboxylic acid groups (broad SMARTS) is 1.